The molecule has 0 bridgehead atoms. The standard InChI is InChI=1S/C22H28FN5.HI/c1-24-22(27-13-16-6-4-5-7-18(16)15-28(2)3)25-11-10-17-14-26-21-12-19(23)8-9-20(17)21;/h4-9,12,14,26H,10-11,13,15H2,1-3H3,(H2,24,25,27);1H. The van der Waals surface area contributed by atoms with Crippen molar-refractivity contribution in [3.8, 4) is 0 Å². The van der Waals surface area contributed by atoms with E-state index in [1.807, 2.05) is 12.3 Å². The Kier molecular flexibility index (Phi) is 8.91. The number of aliphatic imine (C=N–C) groups is 1. The number of nitrogens with one attached hydrogen (secondary N) is 3. The van der Waals surface area contributed by atoms with Crippen LogP contribution in [0.4, 0.5) is 4.39 Å². The maximum Gasteiger partial charge on any atom is 0.191 e. The van der Waals surface area contributed by atoms with Gasteiger partial charge in [-0.1, -0.05) is 24.3 Å². The molecule has 0 radical (unpaired) electrons. The van der Waals surface area contributed by atoms with Crippen molar-refractivity contribution in [2.75, 3.05) is 27.7 Å². The molecular weight excluding hydrogens is 480 g/mol. The Morgan fingerprint density at radius 1 is 1.07 bits per heavy atom. The summed E-state index contributed by atoms with van der Waals surface area (Å²) >= 11 is 0. The van der Waals surface area contributed by atoms with E-state index in [-0.39, 0.29) is 29.8 Å². The molecule has 7 heteroatoms. The molecule has 0 atom stereocenters. The van der Waals surface area contributed by atoms with Gasteiger partial charge in [0.1, 0.15) is 5.82 Å². The molecule has 0 aliphatic rings. The van der Waals surface area contributed by atoms with Crippen molar-refractivity contribution in [2.45, 2.75) is 19.5 Å². The Bertz CT molecular complexity index is 951. The predicted octanol–water partition coefficient (Wildman–Crippen LogP) is 3.89. The van der Waals surface area contributed by atoms with E-state index in [4.69, 9.17) is 0 Å². The van der Waals surface area contributed by atoms with Crippen molar-refractivity contribution in [1.82, 2.24) is 20.5 Å². The van der Waals surface area contributed by atoms with Crippen LogP contribution in [0.25, 0.3) is 10.9 Å². The van der Waals surface area contributed by atoms with E-state index in [1.165, 1.54) is 23.3 Å². The van der Waals surface area contributed by atoms with Gasteiger partial charge in [-0.3, -0.25) is 4.99 Å². The molecule has 3 rings (SSSR count). The van der Waals surface area contributed by atoms with Crippen LogP contribution in [-0.2, 0) is 19.5 Å². The summed E-state index contributed by atoms with van der Waals surface area (Å²) in [5, 5.41) is 7.80. The summed E-state index contributed by atoms with van der Waals surface area (Å²) in [6.45, 7) is 2.37. The van der Waals surface area contributed by atoms with Crippen LogP contribution in [0.5, 0.6) is 0 Å². The van der Waals surface area contributed by atoms with Crippen LogP contribution in [0.15, 0.2) is 53.7 Å². The minimum absolute atomic E-state index is 0. The molecule has 0 unspecified atom stereocenters. The van der Waals surface area contributed by atoms with Crippen molar-refractivity contribution in [1.29, 1.82) is 0 Å². The molecule has 1 heterocycles. The molecule has 156 valence electrons. The van der Waals surface area contributed by atoms with Crippen molar-refractivity contribution in [2.24, 2.45) is 4.99 Å². The highest BCUT2D eigenvalue weighted by molar-refractivity contribution is 14.0. The molecule has 29 heavy (non-hydrogen) atoms. The van der Waals surface area contributed by atoms with Gasteiger partial charge in [-0.2, -0.15) is 0 Å². The van der Waals surface area contributed by atoms with E-state index in [1.54, 1.807) is 7.05 Å². The molecule has 3 N–H and O–H groups in total. The van der Waals surface area contributed by atoms with Crippen molar-refractivity contribution >= 4 is 40.8 Å². The number of aromatic nitrogens is 1. The molecule has 0 fully saturated rings. The zero-order valence-electron chi connectivity index (χ0n) is 17.1. The molecule has 0 saturated carbocycles. The molecule has 0 aliphatic heterocycles. The maximum atomic E-state index is 13.3. The number of hydrogen-bond acceptors (Lipinski definition) is 2. The lowest BCUT2D eigenvalue weighted by molar-refractivity contribution is 0.400. The lowest BCUT2D eigenvalue weighted by Crippen LogP contribution is -2.38. The molecule has 2 aromatic carbocycles. The minimum atomic E-state index is -0.224. The smallest absolute Gasteiger partial charge is 0.191 e. The van der Waals surface area contributed by atoms with Gasteiger partial charge in [-0.05, 0) is 55.4 Å². The van der Waals surface area contributed by atoms with Gasteiger partial charge in [0.2, 0.25) is 0 Å². The molecule has 0 spiro atoms. The summed E-state index contributed by atoms with van der Waals surface area (Å²) in [6.07, 6.45) is 2.77. The fraction of sp³-hybridized carbons (Fsp3) is 0.318. The first-order valence-corrected chi connectivity index (χ1v) is 9.48. The van der Waals surface area contributed by atoms with Crippen LogP contribution in [0, 0.1) is 5.82 Å². The topological polar surface area (TPSA) is 55.5 Å². The Morgan fingerprint density at radius 3 is 2.55 bits per heavy atom. The third-order valence-electron chi connectivity index (χ3n) is 4.69. The van der Waals surface area contributed by atoms with E-state index >= 15 is 0 Å². The predicted molar refractivity (Wildman–Crippen MR) is 129 cm³/mol. The Hall–Kier alpha value is -2.13. The highest BCUT2D eigenvalue weighted by atomic mass is 127. The number of benzene rings is 2. The number of hydrogen-bond donors (Lipinski definition) is 3. The Labute approximate surface area is 188 Å². The van der Waals surface area contributed by atoms with Gasteiger partial charge in [0.15, 0.2) is 5.96 Å². The average Bonchev–Trinajstić information content (AvgIpc) is 3.07. The minimum Gasteiger partial charge on any atom is -0.361 e. The molecule has 0 amide bonds. The first-order valence-electron chi connectivity index (χ1n) is 9.48. The third kappa shape index (κ3) is 6.43. The van der Waals surface area contributed by atoms with Crippen LogP contribution in [0.1, 0.15) is 16.7 Å². The highest BCUT2D eigenvalue weighted by Crippen LogP contribution is 2.19. The summed E-state index contributed by atoms with van der Waals surface area (Å²) in [6, 6.07) is 13.3. The maximum absolute atomic E-state index is 13.3. The van der Waals surface area contributed by atoms with E-state index in [9.17, 15) is 4.39 Å². The Morgan fingerprint density at radius 2 is 1.83 bits per heavy atom. The van der Waals surface area contributed by atoms with Gasteiger partial charge in [0.05, 0.1) is 0 Å². The number of rotatable bonds is 7. The second-order valence-corrected chi connectivity index (χ2v) is 7.11. The summed E-state index contributed by atoms with van der Waals surface area (Å²) in [5.74, 6) is 0.545. The van der Waals surface area contributed by atoms with Crippen LogP contribution < -0.4 is 10.6 Å². The van der Waals surface area contributed by atoms with Gasteiger partial charge in [0, 0.05) is 43.8 Å². The van der Waals surface area contributed by atoms with Crippen molar-refractivity contribution in [3.05, 3.63) is 71.2 Å². The molecule has 1 aromatic heterocycles. The molecule has 0 aliphatic carbocycles. The summed E-state index contributed by atoms with van der Waals surface area (Å²) in [5.41, 5.74) is 4.56. The number of nitrogens with zero attached hydrogens (tertiary/aromatic N) is 2. The third-order valence-corrected chi connectivity index (χ3v) is 4.69. The number of fused-ring (bicyclic) bond motifs is 1. The second kappa shape index (κ2) is 11.2. The fourth-order valence-electron chi connectivity index (χ4n) is 3.31. The zero-order valence-corrected chi connectivity index (χ0v) is 19.5. The second-order valence-electron chi connectivity index (χ2n) is 7.11. The highest BCUT2D eigenvalue weighted by Gasteiger charge is 2.07. The molecule has 0 saturated heterocycles. The lowest BCUT2D eigenvalue weighted by Gasteiger charge is -2.16. The van der Waals surface area contributed by atoms with Gasteiger partial charge < -0.3 is 20.5 Å². The molecule has 5 nitrogen and oxygen atoms in total. The quantitative estimate of drug-likeness (QED) is 0.258. The van der Waals surface area contributed by atoms with E-state index in [2.05, 4.69) is 63.9 Å². The normalized spacial score (nSPS) is 11.6. The first kappa shape index (κ1) is 23.2. The van der Waals surface area contributed by atoms with Crippen LogP contribution >= 0.6 is 24.0 Å². The summed E-state index contributed by atoms with van der Waals surface area (Å²) in [7, 11) is 5.92. The number of guanidine groups is 1. The van der Waals surface area contributed by atoms with Gasteiger partial charge in [-0.15, -0.1) is 24.0 Å². The summed E-state index contributed by atoms with van der Waals surface area (Å²) in [4.78, 5) is 9.61. The average molecular weight is 509 g/mol. The monoisotopic (exact) mass is 509 g/mol. The fourth-order valence-corrected chi connectivity index (χ4v) is 3.31. The molecular formula is C22H29FIN5. The van der Waals surface area contributed by atoms with Crippen LogP contribution in [0.3, 0.4) is 0 Å². The number of halogens is 2. The lowest BCUT2D eigenvalue weighted by atomic mass is 10.1. The van der Waals surface area contributed by atoms with E-state index in [0.717, 1.165) is 48.5 Å². The number of H-pyrrole nitrogens is 1. The number of aromatic amines is 1. The van der Waals surface area contributed by atoms with Crippen LogP contribution in [0.2, 0.25) is 0 Å². The zero-order chi connectivity index (χ0) is 19.9. The van der Waals surface area contributed by atoms with Gasteiger partial charge in [-0.25, -0.2) is 4.39 Å². The first-order chi connectivity index (χ1) is 13.6. The van der Waals surface area contributed by atoms with Gasteiger partial charge in [0.25, 0.3) is 0 Å². The van der Waals surface area contributed by atoms with E-state index < -0.39 is 0 Å². The van der Waals surface area contributed by atoms with Crippen molar-refractivity contribution < 1.29 is 4.39 Å². The summed E-state index contributed by atoms with van der Waals surface area (Å²) < 4.78 is 13.3. The van der Waals surface area contributed by atoms with E-state index in [0.29, 0.717) is 0 Å². The SMILES string of the molecule is CN=C(NCCc1c[nH]c2cc(F)ccc12)NCc1ccccc1CN(C)C.I. The van der Waals surface area contributed by atoms with Crippen LogP contribution in [-0.4, -0.2) is 43.5 Å². The van der Waals surface area contributed by atoms with Gasteiger partial charge >= 0.3 is 0 Å². The van der Waals surface area contributed by atoms with Crippen molar-refractivity contribution in [3.63, 3.8) is 0 Å². The molecule has 3 aromatic rings. The largest absolute Gasteiger partial charge is 0.361 e. The Balaban J connectivity index is 0.00000300.